The van der Waals surface area contributed by atoms with Crippen LogP contribution in [0.25, 0.3) is 0 Å². The maximum Gasteiger partial charge on any atom is 0.573 e. The van der Waals surface area contributed by atoms with Crippen molar-refractivity contribution in [3.05, 3.63) is 24.3 Å². The summed E-state index contributed by atoms with van der Waals surface area (Å²) < 4.78 is 51.3. The maximum atomic E-state index is 12.2. The van der Waals surface area contributed by atoms with Gasteiger partial charge in [0.25, 0.3) is 0 Å². The highest BCUT2D eigenvalue weighted by Gasteiger charge is 2.38. The third kappa shape index (κ3) is 5.98. The van der Waals surface area contributed by atoms with Gasteiger partial charge in [0.1, 0.15) is 23.2 Å². The molecule has 9 heteroatoms. The van der Waals surface area contributed by atoms with Crippen LogP contribution in [-0.4, -0.2) is 53.4 Å². The van der Waals surface area contributed by atoms with E-state index in [4.69, 9.17) is 9.47 Å². The summed E-state index contributed by atoms with van der Waals surface area (Å²) in [6, 6.07) is 4.55. The van der Waals surface area contributed by atoms with E-state index in [9.17, 15) is 23.1 Å². The van der Waals surface area contributed by atoms with Gasteiger partial charge in [-0.05, 0) is 45.0 Å². The molecule has 1 fully saturated rings. The smallest absolute Gasteiger partial charge is 0.488 e. The molecule has 0 radical (unpaired) electrons. The van der Waals surface area contributed by atoms with Crippen LogP contribution in [-0.2, 0) is 4.74 Å². The van der Waals surface area contributed by atoms with Crippen molar-refractivity contribution >= 4 is 6.09 Å². The molecular weight excluding hydrogens is 355 g/mol. The summed E-state index contributed by atoms with van der Waals surface area (Å²) in [5, 5.41) is 9.48. The lowest BCUT2D eigenvalue weighted by atomic mass is 10.2. The van der Waals surface area contributed by atoms with Gasteiger partial charge in [-0.15, -0.1) is 13.2 Å². The summed E-state index contributed by atoms with van der Waals surface area (Å²) in [5.41, 5.74) is -0.662. The molecule has 1 aromatic rings. The highest BCUT2D eigenvalue weighted by atomic mass is 19.4. The van der Waals surface area contributed by atoms with Gasteiger partial charge in [-0.25, -0.2) is 4.79 Å². The predicted octanol–water partition coefficient (Wildman–Crippen LogP) is 3.33. The second-order valence-corrected chi connectivity index (χ2v) is 6.96. The van der Waals surface area contributed by atoms with Crippen LogP contribution in [0.1, 0.15) is 27.2 Å². The Hall–Kier alpha value is -2.16. The van der Waals surface area contributed by atoms with E-state index in [0.29, 0.717) is 12.2 Å². The first-order valence-electron chi connectivity index (χ1n) is 8.10. The Bertz CT molecular complexity index is 612. The number of carbonyl (C=O) groups is 1. The Labute approximate surface area is 149 Å². The summed E-state index contributed by atoms with van der Waals surface area (Å²) in [5.74, 6) is -0.00728. The molecule has 0 aliphatic carbocycles. The largest absolute Gasteiger partial charge is 0.573 e. The number of carbonyl (C=O) groups excluding carboxylic acids is 1. The lowest BCUT2D eigenvalue weighted by Gasteiger charge is -2.27. The number of aliphatic hydroxyl groups is 1. The summed E-state index contributed by atoms with van der Waals surface area (Å²) in [6.45, 7) is 5.20. The number of rotatable bonds is 4. The minimum atomic E-state index is -4.75. The van der Waals surface area contributed by atoms with Gasteiger partial charge in [0, 0.05) is 6.42 Å². The summed E-state index contributed by atoms with van der Waals surface area (Å²) >= 11 is 0. The second-order valence-electron chi connectivity index (χ2n) is 6.96. The zero-order valence-electron chi connectivity index (χ0n) is 14.7. The van der Waals surface area contributed by atoms with Crippen molar-refractivity contribution in [3.8, 4) is 11.5 Å². The number of nitrogens with zero attached hydrogens (tertiary/aromatic N) is 1. The molecule has 6 nitrogen and oxygen atoms in total. The number of hydrogen-bond donors (Lipinski definition) is 1. The summed E-state index contributed by atoms with van der Waals surface area (Å²) in [7, 11) is 0. The van der Waals surface area contributed by atoms with Crippen molar-refractivity contribution in [1.82, 2.24) is 4.90 Å². The maximum absolute atomic E-state index is 12.2. The van der Waals surface area contributed by atoms with Crippen LogP contribution in [0.15, 0.2) is 24.3 Å². The third-order valence-corrected chi connectivity index (χ3v) is 3.57. The molecule has 0 saturated carbocycles. The molecule has 2 atom stereocenters. The number of ether oxygens (including phenoxy) is 3. The Balaban J connectivity index is 1.97. The molecule has 1 aliphatic heterocycles. The van der Waals surface area contributed by atoms with Gasteiger partial charge in [0.05, 0.1) is 19.2 Å². The van der Waals surface area contributed by atoms with Gasteiger partial charge in [-0.2, -0.15) is 0 Å². The van der Waals surface area contributed by atoms with Crippen molar-refractivity contribution in [2.45, 2.75) is 51.3 Å². The number of alkyl halides is 3. The molecule has 0 aromatic heterocycles. The van der Waals surface area contributed by atoms with Gasteiger partial charge >= 0.3 is 12.5 Å². The van der Waals surface area contributed by atoms with Crippen LogP contribution in [0.5, 0.6) is 11.5 Å². The first-order chi connectivity index (χ1) is 12.0. The van der Waals surface area contributed by atoms with E-state index in [2.05, 4.69) is 4.74 Å². The van der Waals surface area contributed by atoms with Crippen LogP contribution in [0, 0.1) is 0 Å². The monoisotopic (exact) mass is 377 g/mol. The number of benzene rings is 1. The number of amides is 1. The normalized spacial score (nSPS) is 20.8. The minimum absolute atomic E-state index is 0.209. The molecule has 2 rings (SSSR count). The fourth-order valence-corrected chi connectivity index (χ4v) is 2.59. The van der Waals surface area contributed by atoms with E-state index in [1.54, 1.807) is 20.8 Å². The van der Waals surface area contributed by atoms with E-state index in [0.717, 1.165) is 12.1 Å². The molecular formula is C17H22F3NO5. The standard InChI is InChI=1S/C17H22F3NO5/c1-16(2,3)26-15(23)21-9-14(8-11(21)10-22)24-12-4-6-13(7-5-12)25-17(18,19)20/h4-7,11,14,22H,8-10H2,1-3H3/t11-,14-/m0/s1. The van der Waals surface area contributed by atoms with Gasteiger partial charge < -0.3 is 19.3 Å². The minimum Gasteiger partial charge on any atom is -0.488 e. The molecule has 146 valence electrons. The van der Waals surface area contributed by atoms with Crippen molar-refractivity contribution in [2.24, 2.45) is 0 Å². The number of hydrogen-bond acceptors (Lipinski definition) is 5. The highest BCUT2D eigenvalue weighted by Crippen LogP contribution is 2.28. The first-order valence-corrected chi connectivity index (χ1v) is 8.10. The lowest BCUT2D eigenvalue weighted by Crippen LogP contribution is -2.41. The predicted molar refractivity (Wildman–Crippen MR) is 86.0 cm³/mol. The first kappa shape index (κ1) is 20.2. The second kappa shape index (κ2) is 7.61. The van der Waals surface area contributed by atoms with E-state index in [1.165, 1.54) is 17.0 Å². The van der Waals surface area contributed by atoms with Crippen LogP contribution >= 0.6 is 0 Å². The molecule has 1 N–H and O–H groups in total. The zero-order chi connectivity index (χ0) is 19.5. The molecule has 0 unspecified atom stereocenters. The van der Waals surface area contributed by atoms with Crippen molar-refractivity contribution in [3.63, 3.8) is 0 Å². The fraction of sp³-hybridized carbons (Fsp3) is 0.588. The molecule has 1 heterocycles. The fourth-order valence-electron chi connectivity index (χ4n) is 2.59. The third-order valence-electron chi connectivity index (χ3n) is 3.57. The Kier molecular flexibility index (Phi) is 5.90. The number of aliphatic hydroxyl groups excluding tert-OH is 1. The molecule has 1 aliphatic rings. The topological polar surface area (TPSA) is 68.2 Å². The average molecular weight is 377 g/mol. The van der Waals surface area contributed by atoms with E-state index < -0.39 is 30.2 Å². The van der Waals surface area contributed by atoms with E-state index >= 15 is 0 Å². The summed E-state index contributed by atoms with van der Waals surface area (Å²) in [6.07, 6.45) is -5.32. The number of likely N-dealkylation sites (tertiary alicyclic amines) is 1. The lowest BCUT2D eigenvalue weighted by molar-refractivity contribution is -0.274. The van der Waals surface area contributed by atoms with Crippen LogP contribution in [0.3, 0.4) is 0 Å². The van der Waals surface area contributed by atoms with Crippen molar-refractivity contribution in [2.75, 3.05) is 13.2 Å². The van der Waals surface area contributed by atoms with Crippen molar-refractivity contribution in [1.29, 1.82) is 0 Å². The van der Waals surface area contributed by atoms with Gasteiger partial charge in [0.15, 0.2) is 0 Å². The molecule has 1 aromatic carbocycles. The zero-order valence-corrected chi connectivity index (χ0v) is 14.7. The quantitative estimate of drug-likeness (QED) is 0.872. The Morgan fingerprint density at radius 3 is 2.27 bits per heavy atom. The van der Waals surface area contributed by atoms with Crippen LogP contribution in [0.4, 0.5) is 18.0 Å². The average Bonchev–Trinajstić information content (AvgIpc) is 2.89. The molecule has 26 heavy (non-hydrogen) atoms. The van der Waals surface area contributed by atoms with E-state index in [-0.39, 0.29) is 18.9 Å². The Morgan fingerprint density at radius 1 is 1.19 bits per heavy atom. The highest BCUT2D eigenvalue weighted by molar-refractivity contribution is 5.69. The molecule has 1 amide bonds. The van der Waals surface area contributed by atoms with Crippen LogP contribution < -0.4 is 9.47 Å². The van der Waals surface area contributed by atoms with Crippen molar-refractivity contribution < 1.29 is 37.3 Å². The summed E-state index contributed by atoms with van der Waals surface area (Å²) in [4.78, 5) is 13.6. The van der Waals surface area contributed by atoms with Gasteiger partial charge in [0.2, 0.25) is 0 Å². The SMILES string of the molecule is CC(C)(C)OC(=O)N1C[C@@H](Oc2ccc(OC(F)(F)F)cc2)C[C@H]1CO. The van der Waals surface area contributed by atoms with Crippen LogP contribution in [0.2, 0.25) is 0 Å². The van der Waals surface area contributed by atoms with Gasteiger partial charge in [-0.1, -0.05) is 0 Å². The van der Waals surface area contributed by atoms with Gasteiger partial charge in [-0.3, -0.25) is 4.90 Å². The van der Waals surface area contributed by atoms with E-state index in [1.807, 2.05) is 0 Å². The number of halogens is 3. The molecule has 0 spiro atoms. The molecule has 1 saturated heterocycles. The Morgan fingerprint density at radius 2 is 1.77 bits per heavy atom. The molecule has 0 bridgehead atoms.